The summed E-state index contributed by atoms with van der Waals surface area (Å²) in [6, 6.07) is 11.3. The predicted molar refractivity (Wildman–Crippen MR) is 179 cm³/mol. The first-order valence-corrected chi connectivity index (χ1v) is 15.9. The number of amides is 1. The van der Waals surface area contributed by atoms with Crippen molar-refractivity contribution in [3.63, 3.8) is 0 Å². The number of carbonyl (C=O) groups is 1. The summed E-state index contributed by atoms with van der Waals surface area (Å²) < 4.78 is 11.1. The number of nitrogens with zero attached hydrogens (tertiary/aromatic N) is 5. The molecule has 4 aromatic rings. The van der Waals surface area contributed by atoms with Crippen LogP contribution in [0.25, 0.3) is 33.6 Å². The molecule has 0 saturated carbocycles. The number of halogens is 2. The quantitative estimate of drug-likeness (QED) is 0.145. The number of carbonyl (C=O) groups excluding carboxylic acids is 1. The Morgan fingerprint density at radius 3 is 1.91 bits per heavy atom. The molecule has 5 rings (SSSR count). The summed E-state index contributed by atoms with van der Waals surface area (Å²) in [4.78, 5) is 31.9. The number of nitrogens with one attached hydrogen (secondary N) is 2. The van der Waals surface area contributed by atoms with Crippen molar-refractivity contribution in [3.8, 4) is 45.4 Å². The number of hydrogen-bond donors (Lipinski definition) is 4. The van der Waals surface area contributed by atoms with E-state index >= 15 is 0 Å². The lowest BCUT2D eigenvalue weighted by atomic mass is 9.98. The number of aliphatic hydroxyl groups excluding tert-OH is 2. The number of methoxy groups -OCH3 is 2. The third-order valence-electron chi connectivity index (χ3n) is 7.82. The summed E-state index contributed by atoms with van der Waals surface area (Å²) in [6.45, 7) is 2.06. The summed E-state index contributed by atoms with van der Waals surface area (Å²) in [5.41, 5.74) is 4.94. The van der Waals surface area contributed by atoms with E-state index in [0.717, 1.165) is 6.42 Å². The van der Waals surface area contributed by atoms with Crippen LogP contribution in [0.3, 0.4) is 0 Å². The molecule has 2 aromatic heterocycles. The van der Waals surface area contributed by atoms with E-state index < -0.39 is 0 Å². The van der Waals surface area contributed by atoms with Crippen LogP contribution in [0.5, 0.6) is 11.8 Å². The number of benzene rings is 2. The van der Waals surface area contributed by atoms with Crippen LogP contribution in [-0.2, 0) is 17.9 Å². The van der Waals surface area contributed by atoms with Crippen LogP contribution in [0.2, 0.25) is 10.0 Å². The number of ether oxygens (including phenoxy) is 2. The summed E-state index contributed by atoms with van der Waals surface area (Å²) in [6.07, 6.45) is 4.64. The molecule has 1 saturated heterocycles. The standard InChI is InChI=1S/C33H37Cl2N7O5/c1-46-32-27(16-36-15-20-9-10-29(45)39-20)37-17-25(40-32)23-7-3-5-21(30(23)34)22-6-4-8-24(31(22)35)26-18-38-28(33(41-26)47-2)19-42(11-13-43)12-14-44/h3-8,17-18,20,36,43-44H,9-16,19H2,1-2H3,(H,39,45)/t20-/m0/s1. The Morgan fingerprint density at radius 2 is 1.40 bits per heavy atom. The third-order valence-corrected chi connectivity index (χ3v) is 8.64. The highest BCUT2D eigenvalue weighted by Gasteiger charge is 2.22. The molecule has 0 spiro atoms. The van der Waals surface area contributed by atoms with Crippen LogP contribution in [0.4, 0.5) is 0 Å². The lowest BCUT2D eigenvalue weighted by molar-refractivity contribution is -0.119. The van der Waals surface area contributed by atoms with Gasteiger partial charge in [-0.1, -0.05) is 59.6 Å². The van der Waals surface area contributed by atoms with Crippen molar-refractivity contribution in [1.29, 1.82) is 0 Å². The summed E-state index contributed by atoms with van der Waals surface area (Å²) in [7, 11) is 3.06. The molecule has 0 aliphatic carbocycles. The molecule has 3 heterocycles. The van der Waals surface area contributed by atoms with Gasteiger partial charge in [0.1, 0.15) is 11.4 Å². The van der Waals surface area contributed by atoms with Gasteiger partial charge in [-0.25, -0.2) is 9.97 Å². The lowest BCUT2D eigenvalue weighted by Crippen LogP contribution is -2.35. The van der Waals surface area contributed by atoms with E-state index in [1.807, 2.05) is 41.3 Å². The van der Waals surface area contributed by atoms with E-state index in [2.05, 4.69) is 25.6 Å². The summed E-state index contributed by atoms with van der Waals surface area (Å²) >= 11 is 14.0. The molecule has 0 unspecified atom stereocenters. The number of hydrogen-bond acceptors (Lipinski definition) is 11. The molecule has 1 aliphatic heterocycles. The Bertz CT molecular complexity index is 1700. The number of aromatic nitrogens is 4. The second kappa shape index (κ2) is 16.3. The van der Waals surface area contributed by atoms with Gasteiger partial charge in [0.25, 0.3) is 0 Å². The fraction of sp³-hybridized carbons (Fsp3) is 0.364. The van der Waals surface area contributed by atoms with Gasteiger partial charge in [-0.2, -0.15) is 0 Å². The fourth-order valence-electron chi connectivity index (χ4n) is 5.45. The van der Waals surface area contributed by atoms with E-state index in [1.54, 1.807) is 19.5 Å². The first kappa shape index (κ1) is 34.4. The van der Waals surface area contributed by atoms with Crippen LogP contribution in [0, 0.1) is 0 Å². The highest BCUT2D eigenvalue weighted by molar-refractivity contribution is 6.39. The second-order valence-corrected chi connectivity index (χ2v) is 11.7. The molecule has 248 valence electrons. The number of rotatable bonds is 15. The Balaban J connectivity index is 1.40. The maximum atomic E-state index is 11.5. The highest BCUT2D eigenvalue weighted by Crippen LogP contribution is 2.42. The monoisotopic (exact) mass is 681 g/mol. The van der Waals surface area contributed by atoms with Crippen LogP contribution < -0.4 is 20.1 Å². The normalized spacial score (nSPS) is 14.4. The van der Waals surface area contributed by atoms with Crippen molar-refractivity contribution in [1.82, 2.24) is 35.5 Å². The summed E-state index contributed by atoms with van der Waals surface area (Å²) in [5, 5.41) is 25.9. The smallest absolute Gasteiger partial charge is 0.237 e. The minimum absolute atomic E-state index is 0.0494. The Hall–Kier alpha value is -3.91. The molecule has 0 radical (unpaired) electrons. The predicted octanol–water partition coefficient (Wildman–Crippen LogP) is 3.75. The molecule has 1 amide bonds. The molecule has 12 nitrogen and oxygen atoms in total. The molecule has 1 aliphatic rings. The van der Waals surface area contributed by atoms with Gasteiger partial charge < -0.3 is 30.3 Å². The zero-order valence-corrected chi connectivity index (χ0v) is 27.7. The van der Waals surface area contributed by atoms with Crippen LogP contribution in [0.1, 0.15) is 24.2 Å². The average Bonchev–Trinajstić information content (AvgIpc) is 3.50. The fourth-order valence-corrected chi connectivity index (χ4v) is 6.09. The van der Waals surface area contributed by atoms with Gasteiger partial charge in [-0.15, -0.1) is 0 Å². The Morgan fingerprint density at radius 1 is 0.872 bits per heavy atom. The van der Waals surface area contributed by atoms with Crippen LogP contribution >= 0.6 is 23.2 Å². The van der Waals surface area contributed by atoms with Crippen molar-refractivity contribution in [2.45, 2.75) is 32.0 Å². The first-order valence-electron chi connectivity index (χ1n) is 15.2. The van der Waals surface area contributed by atoms with Crippen LogP contribution in [0.15, 0.2) is 48.8 Å². The SMILES string of the molecule is COc1nc(-c2cccc(-c3cccc(-c4cnc(CN(CCO)CCO)c(OC)n4)c3Cl)c2Cl)cnc1CNC[C@@H]1CCC(=O)N1. The third kappa shape index (κ3) is 8.15. The molecule has 14 heteroatoms. The molecule has 4 N–H and O–H groups in total. The van der Waals surface area contributed by atoms with E-state index in [0.29, 0.717) is 106 Å². The van der Waals surface area contributed by atoms with Gasteiger partial charge in [-0.3, -0.25) is 19.7 Å². The maximum Gasteiger partial charge on any atom is 0.237 e. The Kier molecular flexibility index (Phi) is 11.9. The highest BCUT2D eigenvalue weighted by atomic mass is 35.5. The van der Waals surface area contributed by atoms with E-state index in [-0.39, 0.29) is 25.2 Å². The molecule has 0 bridgehead atoms. The minimum atomic E-state index is -0.0494. The van der Waals surface area contributed by atoms with Crippen LogP contribution in [-0.4, -0.2) is 94.1 Å². The van der Waals surface area contributed by atoms with Crippen molar-refractivity contribution >= 4 is 29.1 Å². The van der Waals surface area contributed by atoms with Crippen molar-refractivity contribution in [3.05, 3.63) is 70.2 Å². The van der Waals surface area contributed by atoms with Crippen molar-refractivity contribution in [2.75, 3.05) is 47.1 Å². The Labute approximate surface area is 283 Å². The van der Waals surface area contributed by atoms with Gasteiger partial charge in [0.15, 0.2) is 0 Å². The van der Waals surface area contributed by atoms with Gasteiger partial charge >= 0.3 is 0 Å². The van der Waals surface area contributed by atoms with Gasteiger partial charge in [0.2, 0.25) is 17.7 Å². The molecular weight excluding hydrogens is 645 g/mol. The van der Waals surface area contributed by atoms with E-state index in [1.165, 1.54) is 7.11 Å². The molecule has 1 fully saturated rings. The zero-order chi connectivity index (χ0) is 33.3. The molecule has 1 atom stereocenters. The lowest BCUT2D eigenvalue weighted by Gasteiger charge is -2.20. The number of aliphatic hydroxyl groups is 2. The first-order chi connectivity index (χ1) is 22.9. The van der Waals surface area contributed by atoms with E-state index in [9.17, 15) is 15.0 Å². The molecule has 2 aromatic carbocycles. The van der Waals surface area contributed by atoms with Crippen molar-refractivity contribution in [2.24, 2.45) is 0 Å². The van der Waals surface area contributed by atoms with Crippen molar-refractivity contribution < 1.29 is 24.5 Å². The zero-order valence-electron chi connectivity index (χ0n) is 26.2. The van der Waals surface area contributed by atoms with Gasteiger partial charge in [0.05, 0.1) is 61.3 Å². The second-order valence-electron chi connectivity index (χ2n) is 10.9. The topological polar surface area (TPSA) is 155 Å². The molecule has 47 heavy (non-hydrogen) atoms. The summed E-state index contributed by atoms with van der Waals surface area (Å²) in [5.74, 6) is 0.770. The van der Waals surface area contributed by atoms with E-state index in [4.69, 9.17) is 37.7 Å². The average molecular weight is 683 g/mol. The minimum Gasteiger partial charge on any atom is -0.480 e. The maximum absolute atomic E-state index is 11.5. The largest absolute Gasteiger partial charge is 0.480 e. The van der Waals surface area contributed by atoms with Gasteiger partial charge in [-0.05, 0) is 6.42 Å². The van der Waals surface area contributed by atoms with Gasteiger partial charge in [0, 0.05) is 67.4 Å². The molecular formula is C33H37Cl2N7O5.